The average Bonchev–Trinajstić information content (AvgIpc) is 3.34. The number of carbonyl (C=O) groups is 2. The van der Waals surface area contributed by atoms with Crippen LogP contribution in [0.15, 0.2) is 30.3 Å². The molecule has 0 N–H and O–H groups in total. The average molecular weight is 448 g/mol. The van der Waals surface area contributed by atoms with Crippen molar-refractivity contribution in [2.75, 3.05) is 31.1 Å². The van der Waals surface area contributed by atoms with Gasteiger partial charge in [0.25, 0.3) is 0 Å². The number of hydrogen-bond acceptors (Lipinski definition) is 5. The Labute approximate surface area is 195 Å². The summed E-state index contributed by atoms with van der Waals surface area (Å²) in [6, 6.07) is 9.93. The van der Waals surface area contributed by atoms with Crippen molar-refractivity contribution in [3.8, 4) is 0 Å². The number of likely N-dealkylation sites (tertiary alicyclic amines) is 2. The quantitative estimate of drug-likeness (QED) is 0.703. The Kier molecular flexibility index (Phi) is 6.40. The van der Waals surface area contributed by atoms with Crippen LogP contribution in [0.2, 0.25) is 0 Å². The van der Waals surface area contributed by atoms with Crippen LogP contribution in [-0.2, 0) is 22.6 Å². The Morgan fingerprint density at radius 2 is 1.76 bits per heavy atom. The molecular weight excluding hydrogens is 414 g/mol. The molecule has 3 aliphatic rings. The molecule has 2 aromatic rings. The van der Waals surface area contributed by atoms with E-state index in [4.69, 9.17) is 9.97 Å². The van der Waals surface area contributed by atoms with Crippen molar-refractivity contribution < 1.29 is 9.59 Å². The van der Waals surface area contributed by atoms with E-state index in [2.05, 4.69) is 4.90 Å². The van der Waals surface area contributed by atoms with E-state index in [-0.39, 0.29) is 17.9 Å². The number of piperidine rings is 1. The molecule has 2 fully saturated rings. The standard InChI is InChI=1S/C26H33N5O2/c1-19-21-12-13-23(32)31(17-20-9-3-2-4-10-20)26(21)28-25(27-19)22-11-5-6-16-30(22)24(33)18-29-14-7-8-15-29/h2-4,9-10,22H,5-8,11-18H2,1H3. The van der Waals surface area contributed by atoms with E-state index >= 15 is 0 Å². The zero-order valence-corrected chi connectivity index (χ0v) is 19.5. The normalized spacial score (nSPS) is 21.4. The van der Waals surface area contributed by atoms with E-state index in [0.29, 0.717) is 31.8 Å². The molecule has 174 valence electrons. The highest BCUT2D eigenvalue weighted by atomic mass is 16.2. The van der Waals surface area contributed by atoms with Gasteiger partial charge in [-0.05, 0) is 64.1 Å². The lowest BCUT2D eigenvalue weighted by Crippen LogP contribution is -2.44. The molecule has 0 saturated carbocycles. The number of carbonyl (C=O) groups excluding carboxylic acids is 2. The van der Waals surface area contributed by atoms with Crippen molar-refractivity contribution in [2.24, 2.45) is 0 Å². The summed E-state index contributed by atoms with van der Waals surface area (Å²) in [5.74, 6) is 1.70. The van der Waals surface area contributed by atoms with E-state index < -0.39 is 0 Å². The number of aryl methyl sites for hydroxylation is 1. The Bertz CT molecular complexity index is 1020. The third-order valence-corrected chi connectivity index (χ3v) is 7.22. The second-order valence-electron chi connectivity index (χ2n) is 9.52. The molecule has 1 atom stereocenters. The van der Waals surface area contributed by atoms with Crippen molar-refractivity contribution in [2.45, 2.75) is 64.5 Å². The first-order chi connectivity index (χ1) is 16.1. The second-order valence-corrected chi connectivity index (χ2v) is 9.52. The molecule has 1 aromatic carbocycles. The van der Waals surface area contributed by atoms with E-state index in [0.717, 1.165) is 61.5 Å². The predicted octanol–water partition coefficient (Wildman–Crippen LogP) is 3.41. The van der Waals surface area contributed by atoms with Crippen LogP contribution in [0.1, 0.15) is 67.2 Å². The number of hydrogen-bond donors (Lipinski definition) is 0. The molecule has 3 aliphatic heterocycles. The van der Waals surface area contributed by atoms with Gasteiger partial charge in [-0.1, -0.05) is 30.3 Å². The van der Waals surface area contributed by atoms with Gasteiger partial charge in [0.05, 0.1) is 19.1 Å². The highest BCUT2D eigenvalue weighted by molar-refractivity contribution is 5.95. The van der Waals surface area contributed by atoms with Crippen molar-refractivity contribution >= 4 is 17.6 Å². The summed E-state index contributed by atoms with van der Waals surface area (Å²) >= 11 is 0. The highest BCUT2D eigenvalue weighted by Gasteiger charge is 2.34. The number of amides is 2. The van der Waals surface area contributed by atoms with Gasteiger partial charge in [-0.25, -0.2) is 9.97 Å². The van der Waals surface area contributed by atoms with Crippen LogP contribution in [0.5, 0.6) is 0 Å². The minimum atomic E-state index is -0.117. The minimum absolute atomic E-state index is 0.0982. The number of anilines is 1. The molecule has 7 heteroatoms. The number of aromatic nitrogens is 2. The van der Waals surface area contributed by atoms with Gasteiger partial charge < -0.3 is 4.90 Å². The van der Waals surface area contributed by atoms with Crippen LogP contribution in [0.3, 0.4) is 0 Å². The topological polar surface area (TPSA) is 69.6 Å². The molecule has 4 heterocycles. The summed E-state index contributed by atoms with van der Waals surface area (Å²) in [4.78, 5) is 42.1. The van der Waals surface area contributed by atoms with Crippen LogP contribution >= 0.6 is 0 Å². The molecule has 0 aliphatic carbocycles. The van der Waals surface area contributed by atoms with Crippen LogP contribution < -0.4 is 4.90 Å². The summed E-state index contributed by atoms with van der Waals surface area (Å²) in [5.41, 5.74) is 3.06. The molecule has 5 rings (SSSR count). The molecule has 1 aromatic heterocycles. The van der Waals surface area contributed by atoms with E-state index in [1.807, 2.05) is 47.1 Å². The van der Waals surface area contributed by atoms with Gasteiger partial charge in [-0.15, -0.1) is 0 Å². The van der Waals surface area contributed by atoms with Gasteiger partial charge >= 0.3 is 0 Å². The Morgan fingerprint density at radius 3 is 2.55 bits per heavy atom. The molecule has 0 radical (unpaired) electrons. The molecule has 33 heavy (non-hydrogen) atoms. The molecule has 0 spiro atoms. The van der Waals surface area contributed by atoms with Crippen LogP contribution in [0.25, 0.3) is 0 Å². The van der Waals surface area contributed by atoms with Gasteiger partial charge in [0.1, 0.15) is 5.82 Å². The van der Waals surface area contributed by atoms with Crippen LogP contribution in [-0.4, -0.2) is 57.8 Å². The summed E-state index contributed by atoms with van der Waals surface area (Å²) in [6.07, 6.45) is 6.46. The zero-order valence-electron chi connectivity index (χ0n) is 19.5. The molecule has 1 unspecified atom stereocenters. The second kappa shape index (κ2) is 9.59. The highest BCUT2D eigenvalue weighted by Crippen LogP contribution is 2.34. The number of fused-ring (bicyclic) bond motifs is 1. The van der Waals surface area contributed by atoms with Crippen LogP contribution in [0, 0.1) is 6.92 Å². The summed E-state index contributed by atoms with van der Waals surface area (Å²) < 4.78 is 0. The Morgan fingerprint density at radius 1 is 1.00 bits per heavy atom. The fourth-order valence-electron chi connectivity index (χ4n) is 5.40. The monoisotopic (exact) mass is 447 g/mol. The lowest BCUT2D eigenvalue weighted by molar-refractivity contribution is -0.136. The molecule has 7 nitrogen and oxygen atoms in total. The first kappa shape index (κ1) is 22.0. The fourth-order valence-corrected chi connectivity index (χ4v) is 5.40. The largest absolute Gasteiger partial charge is 0.331 e. The molecule has 2 amide bonds. The molecule has 2 saturated heterocycles. The zero-order chi connectivity index (χ0) is 22.8. The van der Waals surface area contributed by atoms with E-state index in [9.17, 15) is 9.59 Å². The first-order valence-electron chi connectivity index (χ1n) is 12.3. The summed E-state index contributed by atoms with van der Waals surface area (Å²) in [7, 11) is 0. The third kappa shape index (κ3) is 4.64. The van der Waals surface area contributed by atoms with Crippen LogP contribution in [0.4, 0.5) is 5.82 Å². The van der Waals surface area contributed by atoms with Crippen molar-refractivity contribution in [1.29, 1.82) is 0 Å². The van der Waals surface area contributed by atoms with Crippen molar-refractivity contribution in [3.05, 3.63) is 53.0 Å². The van der Waals surface area contributed by atoms with E-state index in [1.165, 1.54) is 12.8 Å². The lowest BCUT2D eigenvalue weighted by Gasteiger charge is -2.37. The first-order valence-corrected chi connectivity index (χ1v) is 12.3. The van der Waals surface area contributed by atoms with Crippen molar-refractivity contribution in [1.82, 2.24) is 19.8 Å². The fraction of sp³-hybridized carbons (Fsp3) is 0.538. The number of nitrogens with zero attached hydrogens (tertiary/aromatic N) is 5. The van der Waals surface area contributed by atoms with Gasteiger partial charge in [-0.3, -0.25) is 19.4 Å². The van der Waals surface area contributed by atoms with Gasteiger partial charge in [0, 0.05) is 24.2 Å². The third-order valence-electron chi connectivity index (χ3n) is 7.22. The summed E-state index contributed by atoms with van der Waals surface area (Å²) in [6.45, 7) is 5.78. The Balaban J connectivity index is 1.45. The maximum atomic E-state index is 13.2. The maximum Gasteiger partial charge on any atom is 0.237 e. The minimum Gasteiger partial charge on any atom is -0.331 e. The molecular formula is C26H33N5O2. The van der Waals surface area contributed by atoms with Gasteiger partial charge in [-0.2, -0.15) is 0 Å². The Hall–Kier alpha value is -2.80. The number of rotatable bonds is 5. The lowest BCUT2D eigenvalue weighted by atomic mass is 9.99. The SMILES string of the molecule is Cc1nc(C2CCCCN2C(=O)CN2CCCC2)nc2c1CCC(=O)N2Cc1ccccc1. The predicted molar refractivity (Wildman–Crippen MR) is 127 cm³/mol. The van der Waals surface area contributed by atoms with Crippen molar-refractivity contribution in [3.63, 3.8) is 0 Å². The molecule has 0 bridgehead atoms. The van der Waals surface area contributed by atoms with E-state index in [1.54, 1.807) is 0 Å². The van der Waals surface area contributed by atoms with Gasteiger partial charge in [0.2, 0.25) is 11.8 Å². The van der Waals surface area contributed by atoms with Gasteiger partial charge in [0.15, 0.2) is 5.82 Å². The summed E-state index contributed by atoms with van der Waals surface area (Å²) in [5, 5.41) is 0. The number of benzene rings is 1. The maximum absolute atomic E-state index is 13.2. The smallest absolute Gasteiger partial charge is 0.237 e.